The van der Waals surface area contributed by atoms with E-state index in [1.807, 2.05) is 13.1 Å². The Morgan fingerprint density at radius 2 is 2.21 bits per heavy atom. The maximum absolute atomic E-state index is 10.1. The van der Waals surface area contributed by atoms with E-state index < -0.39 is 0 Å². The van der Waals surface area contributed by atoms with E-state index in [-0.39, 0.29) is 5.88 Å². The van der Waals surface area contributed by atoms with Crippen LogP contribution in [0.1, 0.15) is 44.9 Å². The van der Waals surface area contributed by atoms with Gasteiger partial charge in [0.2, 0.25) is 5.88 Å². The summed E-state index contributed by atoms with van der Waals surface area (Å²) in [5, 5.41) is 10.1. The van der Waals surface area contributed by atoms with Crippen molar-refractivity contribution in [1.29, 1.82) is 0 Å². The van der Waals surface area contributed by atoms with Crippen molar-refractivity contribution in [2.45, 2.75) is 52.6 Å². The Bertz CT molecular complexity index is 518. The minimum absolute atomic E-state index is 0.262. The molecule has 1 saturated carbocycles. The Labute approximate surface area is 124 Å². The molecule has 0 spiro atoms. The van der Waals surface area contributed by atoms with E-state index in [2.05, 4.69) is 13.8 Å². The highest BCUT2D eigenvalue weighted by atomic mass is 32.1. The number of rotatable bonds is 3. The van der Waals surface area contributed by atoms with Crippen molar-refractivity contribution in [3.05, 3.63) is 8.83 Å². The zero-order chi connectivity index (χ0) is 14.0. The molecular weight excluding hydrogens is 276 g/mol. The first-order valence-corrected chi connectivity index (χ1v) is 8.22. The zero-order valence-electron chi connectivity index (χ0n) is 11.8. The summed E-state index contributed by atoms with van der Waals surface area (Å²) in [4.78, 5) is 5.49. The van der Waals surface area contributed by atoms with Crippen molar-refractivity contribution in [3.8, 4) is 5.88 Å². The highest BCUT2D eigenvalue weighted by Gasteiger charge is 2.26. The fourth-order valence-corrected chi connectivity index (χ4v) is 4.02. The quantitative estimate of drug-likeness (QED) is 0.669. The van der Waals surface area contributed by atoms with E-state index in [0.29, 0.717) is 22.5 Å². The summed E-state index contributed by atoms with van der Waals surface area (Å²) in [6.45, 7) is 7.27. The third-order valence-electron chi connectivity index (χ3n) is 4.26. The second-order valence-corrected chi connectivity index (χ2v) is 7.09. The number of aromatic nitrogens is 1. The molecule has 0 radical (unpaired) electrons. The third kappa shape index (κ3) is 3.08. The van der Waals surface area contributed by atoms with E-state index in [4.69, 9.17) is 17.2 Å². The number of thiazole rings is 1. The normalized spacial score (nSPS) is 28.1. The molecule has 0 amide bonds. The van der Waals surface area contributed by atoms with Gasteiger partial charge in [0.05, 0.1) is 6.04 Å². The van der Waals surface area contributed by atoms with Crippen molar-refractivity contribution in [2.24, 2.45) is 16.8 Å². The highest BCUT2D eigenvalue weighted by Crippen LogP contribution is 2.32. The average Bonchev–Trinajstić information content (AvgIpc) is 2.66. The van der Waals surface area contributed by atoms with Crippen molar-refractivity contribution < 1.29 is 5.11 Å². The van der Waals surface area contributed by atoms with Crippen LogP contribution in [0.25, 0.3) is 0 Å². The number of aliphatic imine (C=N–C) groups is 1. The lowest BCUT2D eigenvalue weighted by Gasteiger charge is -2.31. The van der Waals surface area contributed by atoms with Gasteiger partial charge in [-0.2, -0.15) is 0 Å². The monoisotopic (exact) mass is 298 g/mol. The van der Waals surface area contributed by atoms with E-state index in [9.17, 15) is 5.11 Å². The number of hydrogen-bond acceptors (Lipinski definition) is 4. The topological polar surface area (TPSA) is 37.5 Å². The maximum Gasteiger partial charge on any atom is 0.212 e. The lowest BCUT2D eigenvalue weighted by atomic mass is 9.78. The summed E-state index contributed by atoms with van der Waals surface area (Å²) in [6.07, 6.45) is 5.54. The van der Waals surface area contributed by atoms with Crippen LogP contribution in [-0.2, 0) is 6.54 Å². The molecule has 1 N–H and O–H groups in total. The lowest BCUT2D eigenvalue weighted by molar-refractivity contribution is 0.242. The van der Waals surface area contributed by atoms with Gasteiger partial charge in [0, 0.05) is 12.8 Å². The summed E-state index contributed by atoms with van der Waals surface area (Å²) in [6, 6.07) is 0.383. The predicted molar refractivity (Wildman–Crippen MR) is 84.0 cm³/mol. The summed E-state index contributed by atoms with van der Waals surface area (Å²) >= 11 is 6.67. The van der Waals surface area contributed by atoms with Crippen LogP contribution in [0.15, 0.2) is 4.99 Å². The third-order valence-corrected chi connectivity index (χ3v) is 5.63. The molecule has 0 saturated heterocycles. The summed E-state index contributed by atoms with van der Waals surface area (Å²) in [5.74, 6) is 1.62. The van der Waals surface area contributed by atoms with Gasteiger partial charge in [-0.05, 0) is 37.4 Å². The first-order valence-electron chi connectivity index (χ1n) is 7.00. The molecule has 1 aliphatic rings. The molecule has 2 rings (SSSR count). The van der Waals surface area contributed by atoms with Gasteiger partial charge in [-0.25, -0.2) is 0 Å². The van der Waals surface area contributed by atoms with Crippen molar-refractivity contribution in [2.75, 3.05) is 0 Å². The molecule has 0 aliphatic heterocycles. The Morgan fingerprint density at radius 1 is 1.47 bits per heavy atom. The zero-order valence-corrected chi connectivity index (χ0v) is 13.4. The Morgan fingerprint density at radius 3 is 2.84 bits per heavy atom. The predicted octanol–water partition coefficient (Wildman–Crippen LogP) is 4.25. The van der Waals surface area contributed by atoms with Crippen molar-refractivity contribution in [3.63, 3.8) is 0 Å². The molecule has 3 nitrogen and oxygen atoms in total. The Balaban J connectivity index is 2.16. The summed E-state index contributed by atoms with van der Waals surface area (Å²) in [5.41, 5.74) is 0. The van der Waals surface area contributed by atoms with Crippen LogP contribution in [0.3, 0.4) is 0 Å². The van der Waals surface area contributed by atoms with Gasteiger partial charge in [-0.3, -0.25) is 9.56 Å². The fraction of sp³-hybridized carbons (Fsp3) is 0.714. The molecular formula is C14H22N2OS2. The molecule has 1 aromatic rings. The van der Waals surface area contributed by atoms with E-state index in [1.165, 1.54) is 24.2 Å². The van der Waals surface area contributed by atoms with Gasteiger partial charge >= 0.3 is 0 Å². The van der Waals surface area contributed by atoms with Gasteiger partial charge in [-0.1, -0.05) is 38.0 Å². The Hall–Kier alpha value is -0.680. The highest BCUT2D eigenvalue weighted by molar-refractivity contribution is 7.73. The van der Waals surface area contributed by atoms with Gasteiger partial charge in [-0.15, -0.1) is 0 Å². The van der Waals surface area contributed by atoms with Gasteiger partial charge in [0.25, 0.3) is 0 Å². The molecule has 19 heavy (non-hydrogen) atoms. The van der Waals surface area contributed by atoms with E-state index in [0.717, 1.165) is 17.2 Å². The molecule has 5 heteroatoms. The van der Waals surface area contributed by atoms with E-state index in [1.54, 1.807) is 4.57 Å². The molecule has 0 aromatic carbocycles. The van der Waals surface area contributed by atoms with Crippen LogP contribution >= 0.6 is 23.6 Å². The molecule has 0 unspecified atom stereocenters. The van der Waals surface area contributed by atoms with E-state index >= 15 is 0 Å². The van der Waals surface area contributed by atoms with Crippen LogP contribution < -0.4 is 0 Å². The average molecular weight is 298 g/mol. The minimum Gasteiger partial charge on any atom is -0.493 e. The number of hydrogen-bond donors (Lipinski definition) is 1. The lowest BCUT2D eigenvalue weighted by Crippen LogP contribution is -2.27. The summed E-state index contributed by atoms with van der Waals surface area (Å²) < 4.78 is 2.46. The van der Waals surface area contributed by atoms with Crippen LogP contribution in [0.2, 0.25) is 0 Å². The maximum atomic E-state index is 10.1. The standard InChI is InChI=1S/C14H22N2OS2/c1-4-16-13(17)12(19-14(16)18)8-15-11-7-5-6-9(2)10(11)3/h8-11,17H,4-7H2,1-3H3/t9-,10-,11-/m1/s1. The molecule has 1 aliphatic carbocycles. The van der Waals surface area contributed by atoms with Gasteiger partial charge < -0.3 is 5.11 Å². The fourth-order valence-electron chi connectivity index (χ4n) is 2.70. The smallest absolute Gasteiger partial charge is 0.212 e. The number of aromatic hydroxyl groups is 1. The van der Waals surface area contributed by atoms with Gasteiger partial charge in [0.15, 0.2) is 3.95 Å². The van der Waals surface area contributed by atoms with Crippen LogP contribution in [0, 0.1) is 15.8 Å². The van der Waals surface area contributed by atoms with Crippen molar-refractivity contribution >= 4 is 29.8 Å². The Kier molecular flexibility index (Phi) is 4.79. The molecule has 3 atom stereocenters. The largest absolute Gasteiger partial charge is 0.493 e. The minimum atomic E-state index is 0.262. The first-order chi connectivity index (χ1) is 9.04. The molecule has 1 heterocycles. The SMILES string of the molecule is CCn1c(O)c(C=N[C@@H]2CCC[C@@H](C)[C@H]2C)sc1=S. The van der Waals surface area contributed by atoms with Crippen LogP contribution in [0.4, 0.5) is 0 Å². The number of nitrogens with zero attached hydrogens (tertiary/aromatic N) is 2. The van der Waals surface area contributed by atoms with Crippen molar-refractivity contribution in [1.82, 2.24) is 4.57 Å². The summed E-state index contributed by atoms with van der Waals surface area (Å²) in [7, 11) is 0. The van der Waals surface area contributed by atoms with Crippen LogP contribution in [0.5, 0.6) is 5.88 Å². The first kappa shape index (κ1) is 14.7. The molecule has 0 bridgehead atoms. The second-order valence-electron chi connectivity index (χ2n) is 5.41. The molecule has 1 fully saturated rings. The molecule has 106 valence electrons. The van der Waals surface area contributed by atoms with Crippen LogP contribution in [-0.4, -0.2) is 21.9 Å². The molecule has 1 aromatic heterocycles. The second kappa shape index (κ2) is 6.18. The van der Waals surface area contributed by atoms with Gasteiger partial charge in [0.1, 0.15) is 4.88 Å².